The maximum Gasteiger partial charge on any atom is 0.276 e. The lowest BCUT2D eigenvalue weighted by molar-refractivity contribution is -0.123. The van der Waals surface area contributed by atoms with Crippen LogP contribution in [0.4, 0.5) is 0 Å². The Morgan fingerprint density at radius 1 is 1.03 bits per heavy atom. The smallest absolute Gasteiger partial charge is 0.276 e. The lowest BCUT2D eigenvalue weighted by Gasteiger charge is -2.11. The highest BCUT2D eigenvalue weighted by molar-refractivity contribution is 5.95. The maximum atomic E-state index is 12.2. The molecule has 0 aliphatic heterocycles. The van der Waals surface area contributed by atoms with Crippen LogP contribution in [0.1, 0.15) is 34.6 Å². The SMILES string of the molecule is CCc1ccccc1OCC(=O)NNC(=O)c1ccc(OCc2noc(C)n2)cc1. The lowest BCUT2D eigenvalue weighted by Crippen LogP contribution is -2.43. The van der Waals surface area contributed by atoms with Crippen molar-refractivity contribution in [3.8, 4) is 11.5 Å². The molecule has 3 rings (SSSR count). The van der Waals surface area contributed by atoms with Gasteiger partial charge in [0, 0.05) is 12.5 Å². The predicted molar refractivity (Wildman–Crippen MR) is 107 cm³/mol. The number of para-hydroxylation sites is 1. The van der Waals surface area contributed by atoms with Gasteiger partial charge in [0.2, 0.25) is 11.7 Å². The average molecular weight is 410 g/mol. The Hall–Kier alpha value is -3.88. The van der Waals surface area contributed by atoms with E-state index in [1.807, 2.05) is 25.1 Å². The normalized spacial score (nSPS) is 10.3. The summed E-state index contributed by atoms with van der Waals surface area (Å²) in [6.07, 6.45) is 0.795. The fourth-order valence-electron chi connectivity index (χ4n) is 2.57. The van der Waals surface area contributed by atoms with Crippen molar-refractivity contribution in [2.24, 2.45) is 0 Å². The lowest BCUT2D eigenvalue weighted by atomic mass is 10.1. The number of carbonyl (C=O) groups is 2. The van der Waals surface area contributed by atoms with Crippen LogP contribution in [0.2, 0.25) is 0 Å². The van der Waals surface area contributed by atoms with E-state index in [-0.39, 0.29) is 13.2 Å². The van der Waals surface area contributed by atoms with Gasteiger partial charge in [0.25, 0.3) is 11.8 Å². The van der Waals surface area contributed by atoms with Crippen molar-refractivity contribution < 1.29 is 23.6 Å². The first-order chi connectivity index (χ1) is 14.5. The van der Waals surface area contributed by atoms with Crippen LogP contribution in [0.15, 0.2) is 53.1 Å². The first-order valence-corrected chi connectivity index (χ1v) is 9.37. The van der Waals surface area contributed by atoms with Gasteiger partial charge in [-0.15, -0.1) is 0 Å². The van der Waals surface area contributed by atoms with E-state index in [0.29, 0.717) is 28.8 Å². The van der Waals surface area contributed by atoms with Crippen molar-refractivity contribution in [3.63, 3.8) is 0 Å². The summed E-state index contributed by atoms with van der Waals surface area (Å²) in [5, 5.41) is 3.74. The Morgan fingerprint density at radius 3 is 2.50 bits per heavy atom. The van der Waals surface area contributed by atoms with Crippen molar-refractivity contribution in [1.29, 1.82) is 0 Å². The highest BCUT2D eigenvalue weighted by Gasteiger charge is 2.10. The standard InChI is InChI=1S/C21H22N4O5/c1-3-15-6-4-5-7-18(15)29-13-20(26)23-24-21(27)16-8-10-17(11-9-16)28-12-19-22-14(2)30-25-19/h4-11H,3,12-13H2,1-2H3,(H,23,26)(H,24,27). The van der Waals surface area contributed by atoms with Gasteiger partial charge in [-0.25, -0.2) is 0 Å². The molecule has 3 aromatic rings. The van der Waals surface area contributed by atoms with Crippen molar-refractivity contribution in [1.82, 2.24) is 21.0 Å². The van der Waals surface area contributed by atoms with Crippen molar-refractivity contribution in [3.05, 3.63) is 71.4 Å². The van der Waals surface area contributed by atoms with E-state index in [0.717, 1.165) is 12.0 Å². The van der Waals surface area contributed by atoms with Gasteiger partial charge in [0.05, 0.1) is 0 Å². The van der Waals surface area contributed by atoms with Gasteiger partial charge < -0.3 is 14.0 Å². The number of aromatic nitrogens is 2. The fourth-order valence-corrected chi connectivity index (χ4v) is 2.57. The number of carbonyl (C=O) groups excluding carboxylic acids is 2. The third kappa shape index (κ3) is 5.81. The van der Waals surface area contributed by atoms with E-state index in [1.165, 1.54) is 0 Å². The second kappa shape index (κ2) is 10.1. The zero-order valence-electron chi connectivity index (χ0n) is 16.7. The maximum absolute atomic E-state index is 12.2. The van der Waals surface area contributed by atoms with E-state index in [4.69, 9.17) is 14.0 Å². The van der Waals surface area contributed by atoms with Gasteiger partial charge in [0.1, 0.15) is 11.5 Å². The van der Waals surface area contributed by atoms with E-state index >= 15 is 0 Å². The molecule has 30 heavy (non-hydrogen) atoms. The Kier molecular flexibility index (Phi) is 6.99. The van der Waals surface area contributed by atoms with E-state index < -0.39 is 11.8 Å². The molecule has 2 amide bonds. The number of amides is 2. The van der Waals surface area contributed by atoms with Crippen LogP contribution in [0, 0.1) is 6.92 Å². The average Bonchev–Trinajstić information content (AvgIpc) is 3.20. The van der Waals surface area contributed by atoms with Crippen molar-refractivity contribution >= 4 is 11.8 Å². The number of hydrogen-bond donors (Lipinski definition) is 2. The molecule has 0 saturated heterocycles. The Labute approximate surface area is 173 Å². The molecule has 0 saturated carbocycles. The van der Waals surface area contributed by atoms with E-state index in [9.17, 15) is 9.59 Å². The molecule has 0 bridgehead atoms. The van der Waals surface area contributed by atoms with Gasteiger partial charge in [0.15, 0.2) is 13.2 Å². The van der Waals surface area contributed by atoms with Gasteiger partial charge in [-0.05, 0) is 42.3 Å². The summed E-state index contributed by atoms with van der Waals surface area (Å²) in [4.78, 5) is 28.2. The highest BCUT2D eigenvalue weighted by atomic mass is 16.5. The third-order valence-electron chi connectivity index (χ3n) is 4.08. The molecule has 0 aliphatic carbocycles. The second-order valence-corrected chi connectivity index (χ2v) is 6.29. The minimum absolute atomic E-state index is 0.153. The first kappa shape index (κ1) is 20.8. The number of nitrogens with one attached hydrogen (secondary N) is 2. The van der Waals surface area contributed by atoms with Crippen molar-refractivity contribution in [2.45, 2.75) is 26.9 Å². The molecule has 0 fully saturated rings. The largest absolute Gasteiger partial charge is 0.485 e. The third-order valence-corrected chi connectivity index (χ3v) is 4.08. The molecule has 0 spiro atoms. The summed E-state index contributed by atoms with van der Waals surface area (Å²) in [5.41, 5.74) is 6.04. The van der Waals surface area contributed by atoms with Crippen LogP contribution in [0.3, 0.4) is 0 Å². The number of benzene rings is 2. The molecule has 0 unspecified atom stereocenters. The number of nitrogens with zero attached hydrogens (tertiary/aromatic N) is 2. The molecule has 0 aliphatic rings. The quantitative estimate of drug-likeness (QED) is 0.548. The summed E-state index contributed by atoms with van der Waals surface area (Å²) >= 11 is 0. The molecule has 0 radical (unpaired) electrons. The fraction of sp³-hybridized carbons (Fsp3) is 0.238. The van der Waals surface area contributed by atoms with Crippen LogP contribution in [-0.4, -0.2) is 28.6 Å². The first-order valence-electron chi connectivity index (χ1n) is 9.37. The molecule has 9 nitrogen and oxygen atoms in total. The monoisotopic (exact) mass is 410 g/mol. The summed E-state index contributed by atoms with van der Waals surface area (Å²) < 4.78 is 15.9. The van der Waals surface area contributed by atoms with Crippen LogP contribution >= 0.6 is 0 Å². The molecule has 2 N–H and O–H groups in total. The Morgan fingerprint density at radius 2 is 1.80 bits per heavy atom. The molecule has 0 atom stereocenters. The number of hydrogen-bond acceptors (Lipinski definition) is 7. The summed E-state index contributed by atoms with van der Waals surface area (Å²) in [5.74, 6) is 1.15. The number of aryl methyl sites for hydroxylation is 2. The molecular formula is C21H22N4O5. The molecule has 1 heterocycles. The Balaban J connectivity index is 1.43. The minimum Gasteiger partial charge on any atom is -0.485 e. The zero-order chi connectivity index (χ0) is 21.3. The zero-order valence-corrected chi connectivity index (χ0v) is 16.7. The number of hydrazine groups is 1. The molecule has 2 aromatic carbocycles. The number of ether oxygens (including phenoxy) is 2. The van der Waals surface area contributed by atoms with Gasteiger partial charge in [-0.1, -0.05) is 30.3 Å². The van der Waals surface area contributed by atoms with Crippen LogP contribution in [-0.2, 0) is 17.8 Å². The topological polar surface area (TPSA) is 116 Å². The Bertz CT molecular complexity index is 1000. The van der Waals surface area contributed by atoms with Crippen LogP contribution < -0.4 is 20.3 Å². The van der Waals surface area contributed by atoms with Gasteiger partial charge in [-0.3, -0.25) is 20.4 Å². The molecule has 9 heteroatoms. The van der Waals surface area contributed by atoms with Crippen LogP contribution in [0.5, 0.6) is 11.5 Å². The highest BCUT2D eigenvalue weighted by Crippen LogP contribution is 2.18. The summed E-state index contributed by atoms with van der Waals surface area (Å²) in [6.45, 7) is 3.64. The molecule has 1 aromatic heterocycles. The molecule has 156 valence electrons. The van der Waals surface area contributed by atoms with Gasteiger partial charge >= 0.3 is 0 Å². The number of rotatable bonds is 8. The van der Waals surface area contributed by atoms with E-state index in [2.05, 4.69) is 21.0 Å². The van der Waals surface area contributed by atoms with Crippen LogP contribution in [0.25, 0.3) is 0 Å². The van der Waals surface area contributed by atoms with E-state index in [1.54, 1.807) is 37.3 Å². The molecular weight excluding hydrogens is 388 g/mol. The predicted octanol–water partition coefficient (Wildman–Crippen LogP) is 2.36. The van der Waals surface area contributed by atoms with Gasteiger partial charge in [-0.2, -0.15) is 4.98 Å². The summed E-state index contributed by atoms with van der Waals surface area (Å²) in [7, 11) is 0. The second-order valence-electron chi connectivity index (χ2n) is 6.29. The minimum atomic E-state index is -0.468. The van der Waals surface area contributed by atoms with Crippen molar-refractivity contribution in [2.75, 3.05) is 6.61 Å². The summed E-state index contributed by atoms with van der Waals surface area (Å²) in [6, 6.07) is 13.9.